The Hall–Kier alpha value is -1.06. The molecular weight excluding hydrogens is 544 g/mol. The molecule has 0 spiro atoms. The summed E-state index contributed by atoms with van der Waals surface area (Å²) in [5.41, 5.74) is 1.14. The van der Waals surface area contributed by atoms with Crippen LogP contribution in [0.2, 0.25) is 0 Å². The predicted molar refractivity (Wildman–Crippen MR) is 188 cm³/mol. The Balaban J connectivity index is 2.65. The van der Waals surface area contributed by atoms with Gasteiger partial charge in [0, 0.05) is 12.8 Å². The maximum Gasteiger partial charge on any atom is 0.303 e. The van der Waals surface area contributed by atoms with Gasteiger partial charge in [-0.25, -0.2) is 0 Å². The van der Waals surface area contributed by atoms with Crippen LogP contribution < -0.4 is 0 Å². The third-order valence-corrected chi connectivity index (χ3v) is 11.2. The highest BCUT2D eigenvalue weighted by molar-refractivity contribution is 5.66. The van der Waals surface area contributed by atoms with Crippen LogP contribution in [0.3, 0.4) is 0 Å². The number of carboxylic acids is 2. The number of hydrogen-bond donors (Lipinski definition) is 2. The van der Waals surface area contributed by atoms with Crippen LogP contribution in [0.15, 0.2) is 0 Å². The van der Waals surface area contributed by atoms with E-state index in [4.69, 9.17) is 10.2 Å². The normalized spacial score (nSPS) is 15.9. The lowest BCUT2D eigenvalue weighted by atomic mass is 9.58. The molecule has 1 aliphatic rings. The van der Waals surface area contributed by atoms with Crippen molar-refractivity contribution < 1.29 is 19.8 Å². The molecule has 0 amide bonds. The van der Waals surface area contributed by atoms with Gasteiger partial charge in [0.25, 0.3) is 0 Å². The second-order valence-corrected chi connectivity index (χ2v) is 15.1. The fourth-order valence-corrected chi connectivity index (χ4v) is 8.09. The fraction of sp³-hybridized carbons (Fsp3) is 0.950. The summed E-state index contributed by atoms with van der Waals surface area (Å²) in [4.78, 5) is 21.6. The van der Waals surface area contributed by atoms with Crippen LogP contribution >= 0.6 is 0 Å². The summed E-state index contributed by atoms with van der Waals surface area (Å²) in [6.07, 6.45) is 43.0. The largest absolute Gasteiger partial charge is 0.481 e. The van der Waals surface area contributed by atoms with Crippen molar-refractivity contribution in [3.05, 3.63) is 0 Å². The number of carbonyl (C=O) groups is 2. The van der Waals surface area contributed by atoms with E-state index in [1.165, 1.54) is 180 Å². The van der Waals surface area contributed by atoms with E-state index in [9.17, 15) is 9.59 Å². The number of unbranched alkanes of at least 4 members (excludes halogenated alkanes) is 20. The van der Waals surface area contributed by atoms with Crippen LogP contribution in [0.1, 0.15) is 232 Å². The van der Waals surface area contributed by atoms with E-state index in [0.717, 1.165) is 25.7 Å². The zero-order valence-corrected chi connectivity index (χ0v) is 29.8. The Kier molecular flexibility index (Phi) is 25.2. The molecule has 0 unspecified atom stereocenters. The van der Waals surface area contributed by atoms with E-state index in [2.05, 4.69) is 13.8 Å². The molecule has 260 valence electrons. The smallest absolute Gasteiger partial charge is 0.303 e. The highest BCUT2D eigenvalue weighted by Gasteiger charge is 2.41. The van der Waals surface area contributed by atoms with Gasteiger partial charge in [0.05, 0.1) is 0 Å². The third kappa shape index (κ3) is 21.6. The number of carboxylic acid groups (broad SMARTS) is 2. The summed E-state index contributed by atoms with van der Waals surface area (Å²) in [5, 5.41) is 17.8. The van der Waals surface area contributed by atoms with Gasteiger partial charge in [-0.3, -0.25) is 9.59 Å². The van der Waals surface area contributed by atoms with Gasteiger partial charge < -0.3 is 10.2 Å². The van der Waals surface area contributed by atoms with Crippen molar-refractivity contribution in [2.75, 3.05) is 0 Å². The molecule has 0 aromatic carbocycles. The van der Waals surface area contributed by atoms with Gasteiger partial charge in [-0.2, -0.15) is 0 Å². The summed E-state index contributed by atoms with van der Waals surface area (Å²) >= 11 is 0. The summed E-state index contributed by atoms with van der Waals surface area (Å²) in [6.45, 7) is 4.63. The molecule has 1 saturated carbocycles. The third-order valence-electron chi connectivity index (χ3n) is 11.2. The fourth-order valence-electron chi connectivity index (χ4n) is 8.09. The summed E-state index contributed by atoms with van der Waals surface area (Å²) in [5.74, 6) is -1.32. The van der Waals surface area contributed by atoms with Gasteiger partial charge in [0.2, 0.25) is 0 Å². The topological polar surface area (TPSA) is 74.6 Å². The van der Waals surface area contributed by atoms with Gasteiger partial charge in [-0.05, 0) is 75.0 Å². The van der Waals surface area contributed by atoms with Crippen molar-refractivity contribution in [2.45, 2.75) is 232 Å². The second kappa shape index (κ2) is 27.1. The Bertz CT molecular complexity index is 629. The highest BCUT2D eigenvalue weighted by atomic mass is 16.4. The molecule has 4 heteroatoms. The van der Waals surface area contributed by atoms with Crippen molar-refractivity contribution in [3.63, 3.8) is 0 Å². The quantitative estimate of drug-likeness (QED) is 0.0734. The predicted octanol–water partition coefficient (Wildman–Crippen LogP) is 13.4. The van der Waals surface area contributed by atoms with Gasteiger partial charge in [-0.1, -0.05) is 155 Å². The Morgan fingerprint density at radius 3 is 0.864 bits per heavy atom. The van der Waals surface area contributed by atoms with Crippen molar-refractivity contribution in [1.82, 2.24) is 0 Å². The van der Waals surface area contributed by atoms with Crippen LogP contribution in [0.5, 0.6) is 0 Å². The van der Waals surface area contributed by atoms with Gasteiger partial charge in [0.15, 0.2) is 0 Å². The zero-order chi connectivity index (χ0) is 32.2. The second-order valence-electron chi connectivity index (χ2n) is 15.1. The number of rotatable bonds is 32. The van der Waals surface area contributed by atoms with Gasteiger partial charge in [-0.15, -0.1) is 0 Å². The van der Waals surface area contributed by atoms with E-state index in [1.54, 1.807) is 0 Å². The van der Waals surface area contributed by atoms with E-state index >= 15 is 0 Å². The van der Waals surface area contributed by atoms with E-state index in [0.29, 0.717) is 23.7 Å². The molecule has 2 N–H and O–H groups in total. The van der Waals surface area contributed by atoms with E-state index in [1.807, 2.05) is 0 Å². The molecule has 0 aromatic rings. The first-order valence-corrected chi connectivity index (χ1v) is 19.8. The standard InChI is InChI=1S/C40H76O4/c1-3-5-7-9-17-23-29-39(30-24-18-10-8-6-4-2)33-35-40(36-34-39,31-25-19-13-11-15-21-27-37(41)42)32-26-20-14-12-16-22-28-38(43)44/h3-36H2,1-2H3,(H,41,42)(H,43,44). The van der Waals surface area contributed by atoms with Crippen molar-refractivity contribution >= 4 is 11.9 Å². The van der Waals surface area contributed by atoms with Gasteiger partial charge in [0.1, 0.15) is 0 Å². The summed E-state index contributed by atoms with van der Waals surface area (Å²) < 4.78 is 0. The molecule has 1 fully saturated rings. The molecule has 44 heavy (non-hydrogen) atoms. The summed E-state index contributed by atoms with van der Waals surface area (Å²) in [6, 6.07) is 0. The van der Waals surface area contributed by atoms with Crippen LogP contribution in [-0.4, -0.2) is 22.2 Å². The van der Waals surface area contributed by atoms with E-state index < -0.39 is 11.9 Å². The van der Waals surface area contributed by atoms with E-state index in [-0.39, 0.29) is 0 Å². The monoisotopic (exact) mass is 621 g/mol. The lowest BCUT2D eigenvalue weighted by Crippen LogP contribution is -2.35. The van der Waals surface area contributed by atoms with Crippen LogP contribution in [0.4, 0.5) is 0 Å². The maximum absolute atomic E-state index is 10.8. The van der Waals surface area contributed by atoms with Crippen molar-refractivity contribution in [1.29, 1.82) is 0 Å². The molecule has 4 nitrogen and oxygen atoms in total. The zero-order valence-electron chi connectivity index (χ0n) is 29.8. The highest BCUT2D eigenvalue weighted by Crippen LogP contribution is 2.54. The van der Waals surface area contributed by atoms with Crippen LogP contribution in [-0.2, 0) is 9.59 Å². The molecule has 0 atom stereocenters. The minimum Gasteiger partial charge on any atom is -0.481 e. The molecule has 0 radical (unpaired) electrons. The Labute approximate surface area is 274 Å². The first-order chi connectivity index (χ1) is 21.4. The average molecular weight is 621 g/mol. The SMILES string of the molecule is CCCCCCCCC1(CCCCCCCC)CCC(CCCCCCCCC(=O)O)(CCCCCCCCC(=O)O)CC1. The lowest BCUT2D eigenvalue weighted by Gasteiger charge is -2.48. The number of hydrogen-bond acceptors (Lipinski definition) is 2. The molecular formula is C40H76O4. The minimum absolute atomic E-state index is 0.321. The first kappa shape index (κ1) is 41.0. The molecule has 0 saturated heterocycles. The maximum atomic E-state index is 10.8. The molecule has 0 heterocycles. The molecule has 0 aliphatic heterocycles. The average Bonchev–Trinajstić information content (AvgIpc) is 3.00. The van der Waals surface area contributed by atoms with Crippen molar-refractivity contribution in [3.8, 4) is 0 Å². The lowest BCUT2D eigenvalue weighted by molar-refractivity contribution is -0.138. The molecule has 1 rings (SSSR count). The number of aliphatic carboxylic acids is 2. The first-order valence-electron chi connectivity index (χ1n) is 19.8. The van der Waals surface area contributed by atoms with Gasteiger partial charge >= 0.3 is 11.9 Å². The summed E-state index contributed by atoms with van der Waals surface area (Å²) in [7, 11) is 0. The van der Waals surface area contributed by atoms with Crippen LogP contribution in [0.25, 0.3) is 0 Å². The molecule has 1 aliphatic carbocycles. The molecule has 0 bridgehead atoms. The molecule has 0 aromatic heterocycles. The Morgan fingerprint density at radius 2 is 0.614 bits per heavy atom. The van der Waals surface area contributed by atoms with Crippen LogP contribution in [0, 0.1) is 10.8 Å². The Morgan fingerprint density at radius 1 is 0.386 bits per heavy atom. The minimum atomic E-state index is -0.659. The van der Waals surface area contributed by atoms with Crippen molar-refractivity contribution in [2.24, 2.45) is 10.8 Å².